The number of halogens is 3. The van der Waals surface area contributed by atoms with Crippen LogP contribution in [0.15, 0.2) is 40.1 Å². The quantitative estimate of drug-likeness (QED) is 0.361. The van der Waals surface area contributed by atoms with Crippen molar-refractivity contribution in [3.05, 3.63) is 52.0 Å². The highest BCUT2D eigenvalue weighted by molar-refractivity contribution is 14.0. The number of hydrogen-bond donors (Lipinski definition) is 1. The molecular formula is C18H25BrFIN6. The molecule has 1 saturated heterocycles. The standard InChI is InChI=1S/C18H24BrFN6.HI/c1-21-18(22-10-15-11-23-24(2)12-15)26-7-5-25(6-8-26)13-14-3-4-16(19)17(20)9-14;/h3-4,9,11-12H,5-8,10,13H2,1-2H3,(H,21,22);1H. The van der Waals surface area contributed by atoms with Crippen LogP contribution < -0.4 is 5.32 Å². The summed E-state index contributed by atoms with van der Waals surface area (Å²) in [5, 5.41) is 7.58. The van der Waals surface area contributed by atoms with Crippen LogP contribution in [0.2, 0.25) is 0 Å². The molecule has 2 heterocycles. The molecule has 1 aromatic heterocycles. The minimum absolute atomic E-state index is 0. The van der Waals surface area contributed by atoms with Gasteiger partial charge in [-0.3, -0.25) is 14.6 Å². The maximum absolute atomic E-state index is 13.7. The molecule has 0 aliphatic carbocycles. The van der Waals surface area contributed by atoms with Crippen molar-refractivity contribution >= 4 is 45.9 Å². The van der Waals surface area contributed by atoms with Crippen molar-refractivity contribution in [3.63, 3.8) is 0 Å². The minimum atomic E-state index is -0.207. The molecule has 1 N–H and O–H groups in total. The van der Waals surface area contributed by atoms with E-state index in [1.165, 1.54) is 0 Å². The molecule has 0 unspecified atom stereocenters. The molecule has 148 valence electrons. The fraction of sp³-hybridized carbons (Fsp3) is 0.444. The third kappa shape index (κ3) is 6.15. The van der Waals surface area contributed by atoms with E-state index in [2.05, 4.69) is 41.1 Å². The van der Waals surface area contributed by atoms with Crippen LogP contribution in [0.5, 0.6) is 0 Å². The molecule has 1 aromatic carbocycles. The van der Waals surface area contributed by atoms with Gasteiger partial charge in [-0.05, 0) is 33.6 Å². The smallest absolute Gasteiger partial charge is 0.194 e. The number of nitrogens with zero attached hydrogens (tertiary/aromatic N) is 5. The Morgan fingerprint density at radius 2 is 2.00 bits per heavy atom. The van der Waals surface area contributed by atoms with Crippen LogP contribution in [-0.2, 0) is 20.1 Å². The molecule has 27 heavy (non-hydrogen) atoms. The minimum Gasteiger partial charge on any atom is -0.352 e. The molecule has 6 nitrogen and oxygen atoms in total. The van der Waals surface area contributed by atoms with Gasteiger partial charge in [0.25, 0.3) is 0 Å². The van der Waals surface area contributed by atoms with Crippen LogP contribution in [0.3, 0.4) is 0 Å². The number of aryl methyl sites for hydroxylation is 1. The Bertz CT molecular complexity index is 773. The van der Waals surface area contributed by atoms with Crippen molar-refractivity contribution in [3.8, 4) is 0 Å². The first-order valence-corrected chi connectivity index (χ1v) is 9.44. The molecule has 1 aliphatic heterocycles. The molecule has 3 rings (SSSR count). The first kappa shape index (κ1) is 22.1. The lowest BCUT2D eigenvalue weighted by atomic mass is 10.2. The number of nitrogens with one attached hydrogen (secondary N) is 1. The van der Waals surface area contributed by atoms with Gasteiger partial charge in [0.2, 0.25) is 0 Å². The number of aliphatic imine (C=N–C) groups is 1. The largest absolute Gasteiger partial charge is 0.352 e. The lowest BCUT2D eigenvalue weighted by molar-refractivity contribution is 0.172. The fourth-order valence-electron chi connectivity index (χ4n) is 3.09. The van der Waals surface area contributed by atoms with Crippen molar-refractivity contribution in [1.29, 1.82) is 0 Å². The Labute approximate surface area is 185 Å². The van der Waals surface area contributed by atoms with Crippen LogP contribution in [-0.4, -0.2) is 58.8 Å². The zero-order chi connectivity index (χ0) is 18.5. The van der Waals surface area contributed by atoms with E-state index in [9.17, 15) is 4.39 Å². The number of rotatable bonds is 4. The van der Waals surface area contributed by atoms with Crippen LogP contribution in [0.4, 0.5) is 4.39 Å². The second-order valence-electron chi connectivity index (χ2n) is 6.43. The van der Waals surface area contributed by atoms with Gasteiger partial charge in [0.05, 0.1) is 10.7 Å². The number of piperazine rings is 1. The monoisotopic (exact) mass is 550 g/mol. The Kier molecular flexibility index (Phi) is 8.49. The second-order valence-corrected chi connectivity index (χ2v) is 7.29. The summed E-state index contributed by atoms with van der Waals surface area (Å²) in [6.45, 7) is 5.10. The van der Waals surface area contributed by atoms with E-state index < -0.39 is 0 Å². The molecular weight excluding hydrogens is 526 g/mol. The number of aromatic nitrogens is 2. The van der Waals surface area contributed by atoms with E-state index >= 15 is 0 Å². The summed E-state index contributed by atoms with van der Waals surface area (Å²) in [5.41, 5.74) is 2.13. The second kappa shape index (κ2) is 10.4. The first-order chi connectivity index (χ1) is 12.5. The average molecular weight is 551 g/mol. The van der Waals surface area contributed by atoms with E-state index in [4.69, 9.17) is 0 Å². The van der Waals surface area contributed by atoms with Gasteiger partial charge >= 0.3 is 0 Å². The van der Waals surface area contributed by atoms with Crippen molar-refractivity contribution in [2.75, 3.05) is 33.2 Å². The highest BCUT2D eigenvalue weighted by Gasteiger charge is 2.20. The van der Waals surface area contributed by atoms with Crippen LogP contribution >= 0.6 is 39.9 Å². The molecule has 0 radical (unpaired) electrons. The van der Waals surface area contributed by atoms with Gasteiger partial charge in [0, 0.05) is 65.1 Å². The average Bonchev–Trinajstić information content (AvgIpc) is 3.05. The predicted molar refractivity (Wildman–Crippen MR) is 120 cm³/mol. The Balaban J connectivity index is 0.00000261. The Hall–Kier alpha value is -1.20. The van der Waals surface area contributed by atoms with Gasteiger partial charge in [-0.15, -0.1) is 24.0 Å². The Morgan fingerprint density at radius 3 is 2.59 bits per heavy atom. The molecule has 0 saturated carbocycles. The summed E-state index contributed by atoms with van der Waals surface area (Å²) >= 11 is 3.20. The maximum Gasteiger partial charge on any atom is 0.194 e. The summed E-state index contributed by atoms with van der Waals surface area (Å²) in [6.07, 6.45) is 3.85. The SMILES string of the molecule is CN=C(NCc1cnn(C)c1)N1CCN(Cc2ccc(Br)c(F)c2)CC1.I. The predicted octanol–water partition coefficient (Wildman–Crippen LogP) is 2.83. The molecule has 1 aliphatic rings. The third-order valence-electron chi connectivity index (χ3n) is 4.48. The van der Waals surface area contributed by atoms with Crippen molar-refractivity contribution in [2.45, 2.75) is 13.1 Å². The summed E-state index contributed by atoms with van der Waals surface area (Å²) in [6, 6.07) is 5.34. The zero-order valence-electron chi connectivity index (χ0n) is 15.5. The number of guanidine groups is 1. The van der Waals surface area contributed by atoms with E-state index in [1.807, 2.05) is 32.6 Å². The highest BCUT2D eigenvalue weighted by atomic mass is 127. The highest BCUT2D eigenvalue weighted by Crippen LogP contribution is 2.18. The van der Waals surface area contributed by atoms with E-state index in [0.717, 1.165) is 49.8 Å². The van der Waals surface area contributed by atoms with Crippen molar-refractivity contribution < 1.29 is 4.39 Å². The molecule has 2 aromatic rings. The van der Waals surface area contributed by atoms with Gasteiger partial charge in [0.15, 0.2) is 5.96 Å². The molecule has 9 heteroatoms. The van der Waals surface area contributed by atoms with Gasteiger partial charge in [-0.2, -0.15) is 5.10 Å². The first-order valence-electron chi connectivity index (χ1n) is 8.64. The summed E-state index contributed by atoms with van der Waals surface area (Å²) in [4.78, 5) is 8.99. The van der Waals surface area contributed by atoms with Crippen LogP contribution in [0.1, 0.15) is 11.1 Å². The van der Waals surface area contributed by atoms with Gasteiger partial charge in [-0.25, -0.2) is 4.39 Å². The molecule has 0 amide bonds. The summed E-state index contributed by atoms with van der Waals surface area (Å²) in [7, 11) is 3.72. The van der Waals surface area contributed by atoms with E-state index in [0.29, 0.717) is 11.0 Å². The van der Waals surface area contributed by atoms with Crippen molar-refractivity contribution in [2.24, 2.45) is 12.0 Å². The van der Waals surface area contributed by atoms with Crippen LogP contribution in [0, 0.1) is 5.82 Å². The van der Waals surface area contributed by atoms with Gasteiger partial charge in [0.1, 0.15) is 5.82 Å². The van der Waals surface area contributed by atoms with E-state index in [1.54, 1.807) is 16.8 Å². The number of benzene rings is 1. The normalized spacial score (nSPS) is 15.6. The molecule has 0 atom stereocenters. The topological polar surface area (TPSA) is 48.7 Å². The fourth-order valence-corrected chi connectivity index (χ4v) is 3.34. The molecule has 0 bridgehead atoms. The molecule has 0 spiro atoms. The molecule has 1 fully saturated rings. The third-order valence-corrected chi connectivity index (χ3v) is 5.13. The Morgan fingerprint density at radius 1 is 1.26 bits per heavy atom. The van der Waals surface area contributed by atoms with Crippen molar-refractivity contribution in [1.82, 2.24) is 24.9 Å². The number of hydrogen-bond acceptors (Lipinski definition) is 3. The lowest BCUT2D eigenvalue weighted by Crippen LogP contribution is -2.52. The summed E-state index contributed by atoms with van der Waals surface area (Å²) < 4.78 is 16.0. The van der Waals surface area contributed by atoms with Gasteiger partial charge in [-0.1, -0.05) is 6.07 Å². The zero-order valence-corrected chi connectivity index (χ0v) is 19.4. The summed E-state index contributed by atoms with van der Waals surface area (Å²) in [5.74, 6) is 0.698. The van der Waals surface area contributed by atoms with Crippen LogP contribution in [0.25, 0.3) is 0 Å². The van der Waals surface area contributed by atoms with Gasteiger partial charge < -0.3 is 10.2 Å². The lowest BCUT2D eigenvalue weighted by Gasteiger charge is -2.36. The van der Waals surface area contributed by atoms with E-state index in [-0.39, 0.29) is 29.8 Å². The maximum atomic E-state index is 13.7.